The van der Waals surface area contributed by atoms with Crippen molar-refractivity contribution in [1.29, 1.82) is 0 Å². The third-order valence-corrected chi connectivity index (χ3v) is 2.82. The lowest BCUT2D eigenvalue weighted by molar-refractivity contribution is 0.729. The van der Waals surface area contributed by atoms with Crippen LogP contribution in [0.4, 0.5) is 5.82 Å². The number of hydrogen-bond acceptors (Lipinski definition) is 3. The van der Waals surface area contributed by atoms with Crippen LogP contribution in [0.5, 0.6) is 0 Å². The number of guanidine groups is 1. The Balaban J connectivity index is 0.00000400. The molecule has 0 aliphatic heterocycles. The molecular formula is C15H28IN5. The predicted octanol–water partition coefficient (Wildman–Crippen LogP) is 2.62. The zero-order valence-corrected chi connectivity index (χ0v) is 15.8. The maximum absolute atomic E-state index is 4.57. The second-order valence-corrected chi connectivity index (χ2v) is 4.86. The lowest BCUT2D eigenvalue weighted by Crippen LogP contribution is -2.37. The van der Waals surface area contributed by atoms with E-state index in [-0.39, 0.29) is 24.0 Å². The molecule has 0 fully saturated rings. The lowest BCUT2D eigenvalue weighted by atomic mass is 10.3. The monoisotopic (exact) mass is 405 g/mol. The SMILES string of the molecule is CCCCNC(=NCc1cccc(N(C)C)n1)NCC.I. The van der Waals surface area contributed by atoms with Gasteiger partial charge < -0.3 is 15.5 Å². The predicted molar refractivity (Wildman–Crippen MR) is 102 cm³/mol. The summed E-state index contributed by atoms with van der Waals surface area (Å²) in [5, 5.41) is 6.58. The summed E-state index contributed by atoms with van der Waals surface area (Å²) in [6, 6.07) is 6.02. The Hall–Kier alpha value is -1.05. The van der Waals surface area contributed by atoms with Gasteiger partial charge in [0, 0.05) is 27.2 Å². The van der Waals surface area contributed by atoms with E-state index in [0.717, 1.165) is 37.0 Å². The fourth-order valence-corrected chi connectivity index (χ4v) is 1.69. The average molecular weight is 405 g/mol. The average Bonchev–Trinajstić information content (AvgIpc) is 2.45. The fourth-order valence-electron chi connectivity index (χ4n) is 1.69. The molecule has 5 nitrogen and oxygen atoms in total. The minimum Gasteiger partial charge on any atom is -0.363 e. The van der Waals surface area contributed by atoms with Gasteiger partial charge >= 0.3 is 0 Å². The zero-order valence-electron chi connectivity index (χ0n) is 13.5. The highest BCUT2D eigenvalue weighted by Crippen LogP contribution is 2.08. The Morgan fingerprint density at radius 3 is 2.62 bits per heavy atom. The van der Waals surface area contributed by atoms with E-state index in [4.69, 9.17) is 0 Å². The molecule has 1 rings (SSSR count). The van der Waals surface area contributed by atoms with Crippen molar-refractivity contribution in [2.75, 3.05) is 32.1 Å². The van der Waals surface area contributed by atoms with Gasteiger partial charge in [0.1, 0.15) is 5.82 Å². The molecule has 0 atom stereocenters. The highest BCUT2D eigenvalue weighted by atomic mass is 127. The van der Waals surface area contributed by atoms with E-state index in [0.29, 0.717) is 6.54 Å². The number of nitrogens with zero attached hydrogens (tertiary/aromatic N) is 3. The number of hydrogen-bond donors (Lipinski definition) is 2. The number of unbranched alkanes of at least 4 members (excludes halogenated alkanes) is 1. The smallest absolute Gasteiger partial charge is 0.191 e. The lowest BCUT2D eigenvalue weighted by Gasteiger charge is -2.13. The number of aliphatic imine (C=N–C) groups is 1. The molecule has 0 aliphatic carbocycles. The van der Waals surface area contributed by atoms with Gasteiger partial charge in [0.25, 0.3) is 0 Å². The van der Waals surface area contributed by atoms with Crippen LogP contribution in [0.2, 0.25) is 0 Å². The van der Waals surface area contributed by atoms with Crippen LogP contribution in [0, 0.1) is 0 Å². The number of nitrogens with one attached hydrogen (secondary N) is 2. The van der Waals surface area contributed by atoms with Gasteiger partial charge in [-0.15, -0.1) is 24.0 Å². The summed E-state index contributed by atoms with van der Waals surface area (Å²) in [5.41, 5.74) is 0.976. The second-order valence-electron chi connectivity index (χ2n) is 4.86. The number of anilines is 1. The third-order valence-electron chi connectivity index (χ3n) is 2.82. The summed E-state index contributed by atoms with van der Waals surface area (Å²) in [6.45, 7) is 6.66. The van der Waals surface area contributed by atoms with Crippen LogP contribution < -0.4 is 15.5 Å². The van der Waals surface area contributed by atoms with E-state index >= 15 is 0 Å². The Morgan fingerprint density at radius 2 is 2.00 bits per heavy atom. The first kappa shape index (κ1) is 19.9. The van der Waals surface area contributed by atoms with Crippen LogP contribution in [0.25, 0.3) is 0 Å². The molecule has 21 heavy (non-hydrogen) atoms. The number of pyridine rings is 1. The molecule has 1 heterocycles. The molecular weight excluding hydrogens is 377 g/mol. The van der Waals surface area contributed by atoms with E-state index in [1.807, 2.05) is 37.2 Å². The molecule has 2 N–H and O–H groups in total. The first-order chi connectivity index (χ1) is 9.67. The highest BCUT2D eigenvalue weighted by Gasteiger charge is 2.00. The van der Waals surface area contributed by atoms with Crippen LogP contribution in [-0.2, 0) is 6.54 Å². The standard InChI is InChI=1S/C15H27N5.HI/c1-5-7-11-17-15(16-6-2)18-12-13-9-8-10-14(19-13)20(3)4;/h8-10H,5-7,11-12H2,1-4H3,(H2,16,17,18);1H. The molecule has 1 aromatic rings. The largest absolute Gasteiger partial charge is 0.363 e. The Kier molecular flexibility index (Phi) is 11.0. The summed E-state index contributed by atoms with van der Waals surface area (Å²) in [7, 11) is 3.98. The Bertz CT molecular complexity index is 420. The molecule has 0 unspecified atom stereocenters. The van der Waals surface area contributed by atoms with E-state index in [2.05, 4.69) is 34.5 Å². The highest BCUT2D eigenvalue weighted by molar-refractivity contribution is 14.0. The second kappa shape index (κ2) is 11.6. The van der Waals surface area contributed by atoms with Gasteiger partial charge in [0.05, 0.1) is 12.2 Å². The Morgan fingerprint density at radius 1 is 1.24 bits per heavy atom. The van der Waals surface area contributed by atoms with E-state index in [1.54, 1.807) is 0 Å². The van der Waals surface area contributed by atoms with E-state index in [1.165, 1.54) is 6.42 Å². The van der Waals surface area contributed by atoms with Gasteiger partial charge in [-0.05, 0) is 25.5 Å². The minimum absolute atomic E-state index is 0. The van der Waals surface area contributed by atoms with Crippen LogP contribution in [-0.4, -0.2) is 38.1 Å². The number of aromatic nitrogens is 1. The first-order valence-electron chi connectivity index (χ1n) is 7.32. The summed E-state index contributed by atoms with van der Waals surface area (Å²) in [4.78, 5) is 11.1. The molecule has 120 valence electrons. The fraction of sp³-hybridized carbons (Fsp3) is 0.600. The normalized spacial score (nSPS) is 10.8. The van der Waals surface area contributed by atoms with Crippen LogP contribution in [0.3, 0.4) is 0 Å². The van der Waals surface area contributed by atoms with Gasteiger partial charge in [-0.2, -0.15) is 0 Å². The third kappa shape index (κ3) is 8.08. The van der Waals surface area contributed by atoms with Gasteiger partial charge in [-0.3, -0.25) is 0 Å². The summed E-state index contributed by atoms with van der Waals surface area (Å²) in [5.74, 6) is 1.82. The molecule has 0 bridgehead atoms. The van der Waals surface area contributed by atoms with Crippen molar-refractivity contribution in [1.82, 2.24) is 15.6 Å². The molecule has 0 aliphatic rings. The maximum atomic E-state index is 4.57. The molecule has 0 radical (unpaired) electrons. The number of halogens is 1. The molecule has 0 amide bonds. The summed E-state index contributed by atoms with van der Waals surface area (Å²) >= 11 is 0. The van der Waals surface area contributed by atoms with Gasteiger partial charge in [0.2, 0.25) is 0 Å². The van der Waals surface area contributed by atoms with Crippen molar-refractivity contribution in [2.45, 2.75) is 33.2 Å². The van der Waals surface area contributed by atoms with Gasteiger partial charge in [-0.1, -0.05) is 19.4 Å². The van der Waals surface area contributed by atoms with Crippen molar-refractivity contribution >= 4 is 35.8 Å². The molecule has 0 saturated carbocycles. The molecule has 1 aromatic heterocycles. The van der Waals surface area contributed by atoms with Crippen molar-refractivity contribution in [3.8, 4) is 0 Å². The summed E-state index contributed by atoms with van der Waals surface area (Å²) < 4.78 is 0. The summed E-state index contributed by atoms with van der Waals surface area (Å²) in [6.07, 6.45) is 2.33. The van der Waals surface area contributed by atoms with Crippen LogP contribution >= 0.6 is 24.0 Å². The Labute approximate surface area is 145 Å². The quantitative estimate of drug-likeness (QED) is 0.317. The topological polar surface area (TPSA) is 52.6 Å². The van der Waals surface area contributed by atoms with Crippen LogP contribution in [0.1, 0.15) is 32.4 Å². The van der Waals surface area contributed by atoms with Gasteiger partial charge in [0.15, 0.2) is 5.96 Å². The van der Waals surface area contributed by atoms with Crippen molar-refractivity contribution in [3.05, 3.63) is 23.9 Å². The first-order valence-corrected chi connectivity index (χ1v) is 7.32. The zero-order chi connectivity index (χ0) is 14.8. The molecule has 0 aromatic carbocycles. The van der Waals surface area contributed by atoms with Crippen molar-refractivity contribution in [2.24, 2.45) is 4.99 Å². The van der Waals surface area contributed by atoms with Crippen molar-refractivity contribution < 1.29 is 0 Å². The van der Waals surface area contributed by atoms with E-state index < -0.39 is 0 Å². The van der Waals surface area contributed by atoms with Crippen LogP contribution in [0.15, 0.2) is 23.2 Å². The number of rotatable bonds is 7. The van der Waals surface area contributed by atoms with E-state index in [9.17, 15) is 0 Å². The molecule has 6 heteroatoms. The maximum Gasteiger partial charge on any atom is 0.191 e. The van der Waals surface area contributed by atoms with Gasteiger partial charge in [-0.25, -0.2) is 9.98 Å². The van der Waals surface area contributed by atoms with Crippen molar-refractivity contribution in [3.63, 3.8) is 0 Å². The molecule has 0 saturated heterocycles. The molecule has 0 spiro atoms. The minimum atomic E-state index is 0.